The van der Waals surface area contributed by atoms with Gasteiger partial charge in [0.1, 0.15) is 0 Å². The molecular weight excluding hydrogens is 218 g/mol. The van der Waals surface area contributed by atoms with Crippen LogP contribution >= 0.6 is 0 Å². The Hall–Kier alpha value is -1.82. The smallest absolute Gasteiger partial charge is 0.240 e. The molecule has 0 saturated carbocycles. The van der Waals surface area contributed by atoms with Crippen molar-refractivity contribution >= 4 is 0 Å². The highest BCUT2D eigenvalue weighted by molar-refractivity contribution is 5.40. The van der Waals surface area contributed by atoms with Crippen molar-refractivity contribution < 1.29 is 4.52 Å². The van der Waals surface area contributed by atoms with E-state index in [0.29, 0.717) is 29.5 Å². The van der Waals surface area contributed by atoms with E-state index < -0.39 is 0 Å². The third kappa shape index (κ3) is 1.91. The normalized spacial score (nSPS) is 24.1. The second-order valence-electron chi connectivity index (χ2n) is 4.17. The molecule has 0 aromatic carbocycles. The van der Waals surface area contributed by atoms with Crippen LogP contribution in [-0.4, -0.2) is 32.7 Å². The van der Waals surface area contributed by atoms with E-state index >= 15 is 0 Å². The molecule has 2 aromatic heterocycles. The molecule has 88 valence electrons. The molecule has 2 aromatic rings. The molecule has 6 heteroatoms. The minimum Gasteiger partial charge on any atom is -0.338 e. The maximum Gasteiger partial charge on any atom is 0.240 e. The van der Waals surface area contributed by atoms with Crippen molar-refractivity contribution in [3.63, 3.8) is 0 Å². The van der Waals surface area contributed by atoms with Gasteiger partial charge in [-0.25, -0.2) is 9.97 Å². The fourth-order valence-electron chi connectivity index (χ4n) is 2.09. The van der Waals surface area contributed by atoms with Gasteiger partial charge in [-0.15, -0.1) is 0 Å². The van der Waals surface area contributed by atoms with Gasteiger partial charge < -0.3 is 9.84 Å². The first-order valence-corrected chi connectivity index (χ1v) is 5.69. The second-order valence-corrected chi connectivity index (χ2v) is 4.17. The van der Waals surface area contributed by atoms with Crippen LogP contribution in [0.25, 0.3) is 11.6 Å². The molecule has 1 aliphatic heterocycles. The summed E-state index contributed by atoms with van der Waals surface area (Å²) < 4.78 is 5.29. The number of hydrogen-bond donors (Lipinski definition) is 1. The molecule has 0 amide bonds. The number of rotatable bonds is 2. The van der Waals surface area contributed by atoms with Crippen LogP contribution in [0.1, 0.15) is 25.2 Å². The van der Waals surface area contributed by atoms with E-state index in [1.165, 1.54) is 0 Å². The van der Waals surface area contributed by atoms with Gasteiger partial charge in [0.15, 0.2) is 0 Å². The molecule has 0 bridgehead atoms. The van der Waals surface area contributed by atoms with Gasteiger partial charge in [-0.2, -0.15) is 4.98 Å². The van der Waals surface area contributed by atoms with Crippen molar-refractivity contribution in [2.24, 2.45) is 0 Å². The fraction of sp³-hybridized carbons (Fsp3) is 0.455. The lowest BCUT2D eigenvalue weighted by molar-refractivity contribution is 0.345. The summed E-state index contributed by atoms with van der Waals surface area (Å²) in [5.74, 6) is 1.92. The van der Waals surface area contributed by atoms with E-state index in [2.05, 4.69) is 32.3 Å². The number of nitrogens with zero attached hydrogens (tertiary/aromatic N) is 4. The Labute approximate surface area is 98.5 Å². The summed E-state index contributed by atoms with van der Waals surface area (Å²) in [7, 11) is 0. The van der Waals surface area contributed by atoms with Crippen molar-refractivity contribution in [2.45, 2.75) is 25.3 Å². The van der Waals surface area contributed by atoms with Gasteiger partial charge >= 0.3 is 0 Å². The standard InChI is InChI=1S/C11H13N5O/c1-7-8(3-6-12-7)11-15-10(16-17-11)9-13-4-2-5-14-9/h2,4-5,7-8,12H,3,6H2,1H3. The van der Waals surface area contributed by atoms with Crippen LogP contribution in [0, 0.1) is 0 Å². The molecule has 1 N–H and O–H groups in total. The van der Waals surface area contributed by atoms with Gasteiger partial charge in [0.25, 0.3) is 0 Å². The summed E-state index contributed by atoms with van der Waals surface area (Å²) in [6.07, 6.45) is 4.36. The van der Waals surface area contributed by atoms with E-state index in [4.69, 9.17) is 4.52 Å². The molecule has 2 unspecified atom stereocenters. The van der Waals surface area contributed by atoms with Crippen molar-refractivity contribution in [1.29, 1.82) is 0 Å². The summed E-state index contributed by atoms with van der Waals surface area (Å²) in [4.78, 5) is 12.6. The molecule has 6 nitrogen and oxygen atoms in total. The monoisotopic (exact) mass is 231 g/mol. The lowest BCUT2D eigenvalue weighted by atomic mass is 10.0. The highest BCUT2D eigenvalue weighted by atomic mass is 16.5. The zero-order valence-corrected chi connectivity index (χ0v) is 9.50. The third-order valence-electron chi connectivity index (χ3n) is 3.05. The zero-order valence-electron chi connectivity index (χ0n) is 9.50. The molecule has 1 aliphatic rings. The predicted octanol–water partition coefficient (Wildman–Crippen LogP) is 0.992. The minimum absolute atomic E-state index is 0.292. The Kier molecular flexibility index (Phi) is 2.56. The van der Waals surface area contributed by atoms with E-state index in [0.717, 1.165) is 13.0 Å². The third-order valence-corrected chi connectivity index (χ3v) is 3.05. The topological polar surface area (TPSA) is 76.7 Å². The average molecular weight is 231 g/mol. The summed E-state index contributed by atoms with van der Waals surface area (Å²) in [6, 6.07) is 2.13. The van der Waals surface area contributed by atoms with Gasteiger partial charge in [-0.3, -0.25) is 0 Å². The highest BCUT2D eigenvalue weighted by Gasteiger charge is 2.29. The van der Waals surface area contributed by atoms with Gasteiger partial charge in [0, 0.05) is 18.4 Å². The van der Waals surface area contributed by atoms with Crippen LogP contribution in [-0.2, 0) is 0 Å². The van der Waals surface area contributed by atoms with Crippen LogP contribution in [0.4, 0.5) is 0 Å². The maximum absolute atomic E-state index is 5.29. The minimum atomic E-state index is 0.292. The molecule has 0 aliphatic carbocycles. The molecule has 1 saturated heterocycles. The lowest BCUT2D eigenvalue weighted by Crippen LogP contribution is -2.21. The van der Waals surface area contributed by atoms with Gasteiger partial charge in [0.05, 0.1) is 5.92 Å². The van der Waals surface area contributed by atoms with Crippen LogP contribution in [0.3, 0.4) is 0 Å². The Morgan fingerprint density at radius 3 is 2.82 bits per heavy atom. The number of aromatic nitrogens is 4. The van der Waals surface area contributed by atoms with Crippen molar-refractivity contribution in [2.75, 3.05) is 6.54 Å². The van der Waals surface area contributed by atoms with Gasteiger partial charge in [-0.05, 0) is 26.0 Å². The molecule has 17 heavy (non-hydrogen) atoms. The summed E-state index contributed by atoms with van der Waals surface area (Å²) in [6.45, 7) is 3.12. The lowest BCUT2D eigenvalue weighted by Gasteiger charge is -2.08. The molecule has 2 atom stereocenters. The average Bonchev–Trinajstić information content (AvgIpc) is 2.98. The summed E-state index contributed by atoms with van der Waals surface area (Å²) in [5, 5.41) is 7.28. The Balaban J connectivity index is 1.88. The number of hydrogen-bond acceptors (Lipinski definition) is 6. The summed E-state index contributed by atoms with van der Waals surface area (Å²) >= 11 is 0. The fourth-order valence-corrected chi connectivity index (χ4v) is 2.09. The molecule has 0 spiro atoms. The zero-order chi connectivity index (χ0) is 11.7. The first-order valence-electron chi connectivity index (χ1n) is 5.69. The SMILES string of the molecule is CC1NCCC1c1nc(-c2ncccn2)no1. The quantitative estimate of drug-likeness (QED) is 0.830. The highest BCUT2D eigenvalue weighted by Crippen LogP contribution is 2.27. The van der Waals surface area contributed by atoms with E-state index in [1.54, 1.807) is 18.5 Å². The van der Waals surface area contributed by atoms with Crippen LogP contribution in [0.5, 0.6) is 0 Å². The van der Waals surface area contributed by atoms with Crippen LogP contribution in [0.15, 0.2) is 23.0 Å². The van der Waals surface area contributed by atoms with E-state index in [9.17, 15) is 0 Å². The predicted molar refractivity (Wildman–Crippen MR) is 60.1 cm³/mol. The van der Waals surface area contributed by atoms with Crippen molar-refractivity contribution in [3.8, 4) is 11.6 Å². The molecule has 3 heterocycles. The molecule has 3 rings (SSSR count). The van der Waals surface area contributed by atoms with E-state index in [1.807, 2.05) is 0 Å². The maximum atomic E-state index is 5.29. The number of nitrogens with one attached hydrogen (secondary N) is 1. The molecule has 1 fully saturated rings. The molecular formula is C11H13N5O. The van der Waals surface area contributed by atoms with Crippen LogP contribution in [0.2, 0.25) is 0 Å². The van der Waals surface area contributed by atoms with Crippen molar-refractivity contribution in [1.82, 2.24) is 25.4 Å². The first kappa shape index (κ1) is 10.3. The Morgan fingerprint density at radius 2 is 2.12 bits per heavy atom. The largest absolute Gasteiger partial charge is 0.338 e. The van der Waals surface area contributed by atoms with E-state index in [-0.39, 0.29) is 0 Å². The summed E-state index contributed by atoms with van der Waals surface area (Å²) in [5.41, 5.74) is 0. The van der Waals surface area contributed by atoms with Gasteiger partial charge in [0.2, 0.25) is 17.5 Å². The Morgan fingerprint density at radius 1 is 1.29 bits per heavy atom. The second kappa shape index (κ2) is 4.21. The molecule has 0 radical (unpaired) electrons. The van der Waals surface area contributed by atoms with Gasteiger partial charge in [-0.1, -0.05) is 5.16 Å². The first-order chi connectivity index (χ1) is 8.34. The Bertz CT molecular complexity index is 498. The van der Waals surface area contributed by atoms with Crippen molar-refractivity contribution in [3.05, 3.63) is 24.4 Å². The van der Waals surface area contributed by atoms with Crippen LogP contribution < -0.4 is 5.32 Å².